The van der Waals surface area contributed by atoms with Crippen molar-refractivity contribution >= 4 is 57.8 Å². The summed E-state index contributed by atoms with van der Waals surface area (Å²) in [6.07, 6.45) is 3.41. The third kappa shape index (κ3) is 5.10. The SMILES string of the molecule is CN1C(=O)/C(=C/c2ccccc2OCc2ccc(Cl)cc2)SC1=Nc1cccnc1Cl. The van der Waals surface area contributed by atoms with Crippen LogP contribution in [0.2, 0.25) is 10.2 Å². The monoisotopic (exact) mass is 469 g/mol. The fourth-order valence-corrected chi connectivity index (χ4v) is 4.09. The molecule has 1 aliphatic heterocycles. The predicted octanol–water partition coefficient (Wildman–Crippen LogP) is 6.20. The Labute approximate surface area is 194 Å². The Morgan fingerprint density at radius 1 is 1.10 bits per heavy atom. The molecular formula is C23H17Cl2N3O2S. The van der Waals surface area contributed by atoms with Gasteiger partial charge in [0.2, 0.25) is 0 Å². The van der Waals surface area contributed by atoms with Gasteiger partial charge in [0.25, 0.3) is 5.91 Å². The number of para-hydroxylation sites is 1. The summed E-state index contributed by atoms with van der Waals surface area (Å²) < 4.78 is 6.00. The summed E-state index contributed by atoms with van der Waals surface area (Å²) in [4.78, 5) is 23.3. The fraction of sp³-hybridized carbons (Fsp3) is 0.0870. The number of thioether (sulfide) groups is 1. The zero-order chi connectivity index (χ0) is 21.8. The molecule has 156 valence electrons. The molecule has 0 aliphatic carbocycles. The Hall–Kier alpha value is -2.80. The first-order valence-electron chi connectivity index (χ1n) is 9.34. The molecule has 0 atom stereocenters. The fourth-order valence-electron chi connectivity index (χ4n) is 2.83. The summed E-state index contributed by atoms with van der Waals surface area (Å²) in [7, 11) is 1.68. The number of benzene rings is 2. The van der Waals surface area contributed by atoms with Crippen molar-refractivity contribution in [3.8, 4) is 5.75 Å². The average Bonchev–Trinajstić information content (AvgIpc) is 3.03. The van der Waals surface area contributed by atoms with Crippen molar-refractivity contribution < 1.29 is 9.53 Å². The Morgan fingerprint density at radius 3 is 2.65 bits per heavy atom. The van der Waals surface area contributed by atoms with E-state index in [9.17, 15) is 4.79 Å². The van der Waals surface area contributed by atoms with E-state index in [1.165, 1.54) is 16.7 Å². The molecule has 2 heterocycles. The quantitative estimate of drug-likeness (QED) is 0.329. The average molecular weight is 470 g/mol. The molecule has 3 aromatic rings. The molecule has 4 rings (SSSR count). The number of likely N-dealkylation sites (N-methyl/N-ethyl adjacent to an activating group) is 1. The predicted molar refractivity (Wildman–Crippen MR) is 127 cm³/mol. The molecule has 0 N–H and O–H groups in total. The normalized spacial score (nSPS) is 16.4. The van der Waals surface area contributed by atoms with Crippen molar-refractivity contribution in [3.63, 3.8) is 0 Å². The number of hydrogen-bond donors (Lipinski definition) is 0. The number of amides is 1. The summed E-state index contributed by atoms with van der Waals surface area (Å²) in [6.45, 7) is 0.393. The minimum absolute atomic E-state index is 0.142. The Morgan fingerprint density at radius 2 is 1.87 bits per heavy atom. The second kappa shape index (κ2) is 9.56. The maximum Gasteiger partial charge on any atom is 0.266 e. The lowest BCUT2D eigenvalue weighted by Gasteiger charge is -2.10. The van der Waals surface area contributed by atoms with Crippen molar-refractivity contribution in [2.24, 2.45) is 4.99 Å². The summed E-state index contributed by atoms with van der Waals surface area (Å²) in [6, 6.07) is 18.6. The second-order valence-electron chi connectivity index (χ2n) is 6.64. The summed E-state index contributed by atoms with van der Waals surface area (Å²) in [5, 5.41) is 1.50. The molecule has 1 saturated heterocycles. The van der Waals surface area contributed by atoms with Crippen LogP contribution in [0.1, 0.15) is 11.1 Å². The van der Waals surface area contributed by atoms with Crippen molar-refractivity contribution in [2.45, 2.75) is 6.61 Å². The number of hydrogen-bond acceptors (Lipinski definition) is 5. The van der Waals surface area contributed by atoms with Crippen LogP contribution >= 0.6 is 35.0 Å². The molecule has 0 bridgehead atoms. The van der Waals surface area contributed by atoms with Gasteiger partial charge in [0.05, 0.1) is 4.91 Å². The third-order valence-corrected chi connectivity index (χ3v) is 6.08. The zero-order valence-corrected chi connectivity index (χ0v) is 18.8. The van der Waals surface area contributed by atoms with Crippen LogP contribution in [0, 0.1) is 0 Å². The Balaban J connectivity index is 1.56. The molecule has 2 aromatic carbocycles. The maximum atomic E-state index is 12.8. The first kappa shape index (κ1) is 21.4. The highest BCUT2D eigenvalue weighted by Gasteiger charge is 2.30. The highest BCUT2D eigenvalue weighted by Crippen LogP contribution is 2.35. The molecule has 0 spiro atoms. The first-order chi connectivity index (χ1) is 15.0. The number of halogens is 2. The number of pyridine rings is 1. The number of amidine groups is 1. The zero-order valence-electron chi connectivity index (χ0n) is 16.5. The van der Waals surface area contributed by atoms with Crippen LogP contribution in [0.25, 0.3) is 6.08 Å². The molecule has 8 heteroatoms. The van der Waals surface area contributed by atoms with Gasteiger partial charge in [0.1, 0.15) is 18.0 Å². The van der Waals surface area contributed by atoms with E-state index < -0.39 is 0 Å². The molecule has 1 aromatic heterocycles. The minimum Gasteiger partial charge on any atom is -0.488 e. The summed E-state index contributed by atoms with van der Waals surface area (Å²) >= 11 is 13.3. The van der Waals surface area contributed by atoms with E-state index in [0.717, 1.165) is 11.1 Å². The number of aromatic nitrogens is 1. The lowest BCUT2D eigenvalue weighted by molar-refractivity contribution is -0.121. The van der Waals surface area contributed by atoms with Crippen molar-refractivity contribution in [1.82, 2.24) is 9.88 Å². The van der Waals surface area contributed by atoms with Crippen molar-refractivity contribution in [1.29, 1.82) is 0 Å². The summed E-state index contributed by atoms with van der Waals surface area (Å²) in [5.41, 5.74) is 2.32. The van der Waals surface area contributed by atoms with Gasteiger partial charge in [-0.2, -0.15) is 0 Å². The van der Waals surface area contributed by atoms with E-state index >= 15 is 0 Å². The van der Waals surface area contributed by atoms with Crippen LogP contribution in [-0.4, -0.2) is 28.0 Å². The number of ether oxygens (including phenoxy) is 1. The van der Waals surface area contributed by atoms with Gasteiger partial charge in [-0.25, -0.2) is 9.98 Å². The highest BCUT2D eigenvalue weighted by atomic mass is 35.5. The molecule has 31 heavy (non-hydrogen) atoms. The van der Waals surface area contributed by atoms with Gasteiger partial charge in [-0.15, -0.1) is 0 Å². The molecule has 1 amide bonds. The smallest absolute Gasteiger partial charge is 0.266 e. The van der Waals surface area contributed by atoms with E-state index in [1.807, 2.05) is 54.6 Å². The first-order valence-corrected chi connectivity index (χ1v) is 10.9. The molecule has 0 unspecified atom stereocenters. The number of carbonyl (C=O) groups is 1. The van der Waals surface area contributed by atoms with Crippen LogP contribution in [-0.2, 0) is 11.4 Å². The third-order valence-electron chi connectivity index (χ3n) is 4.47. The van der Waals surface area contributed by atoms with E-state index in [1.54, 1.807) is 25.4 Å². The molecule has 5 nitrogen and oxygen atoms in total. The van der Waals surface area contributed by atoms with Crippen LogP contribution in [0.4, 0.5) is 5.69 Å². The lowest BCUT2D eigenvalue weighted by Crippen LogP contribution is -2.23. The number of aliphatic imine (C=N–C) groups is 1. The second-order valence-corrected chi connectivity index (χ2v) is 8.44. The molecule has 0 saturated carbocycles. The van der Waals surface area contributed by atoms with E-state index in [-0.39, 0.29) is 11.1 Å². The maximum absolute atomic E-state index is 12.8. The van der Waals surface area contributed by atoms with Crippen LogP contribution < -0.4 is 4.74 Å². The number of nitrogens with zero attached hydrogens (tertiary/aromatic N) is 3. The largest absolute Gasteiger partial charge is 0.488 e. The minimum atomic E-state index is -0.142. The van der Waals surface area contributed by atoms with Gasteiger partial charge in [0.15, 0.2) is 10.3 Å². The topological polar surface area (TPSA) is 54.8 Å². The number of carbonyl (C=O) groups excluding carboxylic acids is 1. The molecule has 0 radical (unpaired) electrons. The standard InChI is InChI=1S/C23H17Cl2N3O2S/c1-28-22(29)20(31-23(28)27-18-6-4-12-26-21(18)25)13-16-5-2-3-7-19(16)30-14-15-8-10-17(24)11-9-15/h2-13H,14H2,1H3/b20-13-,27-23?. The van der Waals surface area contributed by atoms with Crippen LogP contribution in [0.5, 0.6) is 5.75 Å². The van der Waals surface area contributed by atoms with Gasteiger partial charge >= 0.3 is 0 Å². The van der Waals surface area contributed by atoms with Gasteiger partial charge in [-0.3, -0.25) is 9.69 Å². The van der Waals surface area contributed by atoms with Crippen LogP contribution in [0.3, 0.4) is 0 Å². The van der Waals surface area contributed by atoms with Crippen LogP contribution in [0.15, 0.2) is 76.8 Å². The van der Waals surface area contributed by atoms with Gasteiger partial charge in [-0.1, -0.05) is 53.5 Å². The van der Waals surface area contributed by atoms with Gasteiger partial charge in [-0.05, 0) is 53.7 Å². The van der Waals surface area contributed by atoms with E-state index in [4.69, 9.17) is 27.9 Å². The highest BCUT2D eigenvalue weighted by molar-refractivity contribution is 8.18. The lowest BCUT2D eigenvalue weighted by atomic mass is 10.2. The van der Waals surface area contributed by atoms with Crippen molar-refractivity contribution in [3.05, 3.63) is 93.1 Å². The molecular weight excluding hydrogens is 453 g/mol. The number of rotatable bonds is 5. The van der Waals surface area contributed by atoms with Gasteiger partial charge < -0.3 is 4.74 Å². The molecule has 1 aliphatic rings. The van der Waals surface area contributed by atoms with Gasteiger partial charge in [0, 0.05) is 23.8 Å². The van der Waals surface area contributed by atoms with E-state index in [2.05, 4.69) is 9.98 Å². The van der Waals surface area contributed by atoms with Crippen molar-refractivity contribution in [2.75, 3.05) is 7.05 Å². The van der Waals surface area contributed by atoms with E-state index in [0.29, 0.717) is 33.1 Å². The Kier molecular flexibility index (Phi) is 6.61. The Bertz CT molecular complexity index is 1180. The summed E-state index contributed by atoms with van der Waals surface area (Å²) in [5.74, 6) is 0.540. The molecule has 1 fully saturated rings.